The molecule has 0 bridgehead atoms. The summed E-state index contributed by atoms with van der Waals surface area (Å²) in [5.74, 6) is -1.80. The van der Waals surface area contributed by atoms with Gasteiger partial charge in [0.05, 0.1) is 24.4 Å². The fraction of sp³-hybridized carbons (Fsp3) is 0.167. The molecule has 4 rings (SSSR count). The second-order valence-corrected chi connectivity index (χ2v) is 8.19. The van der Waals surface area contributed by atoms with Crippen LogP contribution in [0.4, 0.5) is 11.4 Å². The molecule has 1 aliphatic rings. The lowest BCUT2D eigenvalue weighted by atomic mass is 10.0. The number of hydrogen-bond acceptors (Lipinski definition) is 6. The minimum atomic E-state index is -1.11. The topological polar surface area (TPSA) is 107 Å². The normalized spacial score (nSPS) is 12.5. The third-order valence-electron chi connectivity index (χ3n) is 5.10. The maximum absolute atomic E-state index is 11.2. The fourth-order valence-electron chi connectivity index (χ4n) is 3.18. The summed E-state index contributed by atoms with van der Waals surface area (Å²) in [6, 6.07) is 17.6. The van der Waals surface area contributed by atoms with E-state index in [0.717, 1.165) is 32.5 Å². The monoisotopic (exact) mass is 453 g/mol. The number of para-hydroxylation sites is 1. The molecule has 0 radical (unpaired) electrons. The lowest BCUT2D eigenvalue weighted by Crippen LogP contribution is -2.16. The number of aromatic hydroxyl groups is 1. The number of carbonyl (C=O) groups is 2. The number of carboxylic acids is 2. The quantitative estimate of drug-likeness (QED) is 0.494. The zero-order chi connectivity index (χ0) is 23.4. The van der Waals surface area contributed by atoms with Gasteiger partial charge >= 0.3 is 11.9 Å². The summed E-state index contributed by atoms with van der Waals surface area (Å²) in [6.07, 6.45) is 0. The molecule has 0 fully saturated rings. The summed E-state index contributed by atoms with van der Waals surface area (Å²) in [4.78, 5) is 25.8. The minimum Gasteiger partial charge on any atom is -0.507 e. The van der Waals surface area contributed by atoms with E-state index in [2.05, 4.69) is 4.90 Å². The summed E-state index contributed by atoms with van der Waals surface area (Å²) in [7, 11) is 3.66. The van der Waals surface area contributed by atoms with Gasteiger partial charge in [0, 0.05) is 16.8 Å². The van der Waals surface area contributed by atoms with Crippen molar-refractivity contribution in [3.8, 4) is 11.5 Å². The average molecular weight is 454 g/mol. The number of aromatic carboxylic acids is 1. The van der Waals surface area contributed by atoms with Crippen LogP contribution in [0.15, 0.2) is 70.5 Å². The van der Waals surface area contributed by atoms with Crippen molar-refractivity contribution in [1.82, 2.24) is 0 Å². The van der Waals surface area contributed by atoms with Crippen LogP contribution in [-0.4, -0.2) is 41.4 Å². The summed E-state index contributed by atoms with van der Waals surface area (Å²) in [5, 5.41) is 26.5. The van der Waals surface area contributed by atoms with Crippen LogP contribution in [-0.2, 0) is 4.79 Å². The maximum Gasteiger partial charge on any atom is 0.339 e. The van der Waals surface area contributed by atoms with Gasteiger partial charge in [0.1, 0.15) is 17.1 Å². The predicted molar refractivity (Wildman–Crippen MR) is 123 cm³/mol. The third kappa shape index (κ3) is 4.81. The Morgan fingerprint density at radius 2 is 1.69 bits per heavy atom. The summed E-state index contributed by atoms with van der Waals surface area (Å²) in [6.45, 7) is 1.71. The van der Waals surface area contributed by atoms with E-state index < -0.39 is 17.9 Å². The highest BCUT2D eigenvalue weighted by atomic mass is 32.2. The molecule has 0 aliphatic carbocycles. The number of nitrogens with zero attached hydrogens (tertiary/aromatic N) is 1. The zero-order valence-corrected chi connectivity index (χ0v) is 18.6. The summed E-state index contributed by atoms with van der Waals surface area (Å²) >= 11 is 1.68. The standard InChI is InChI=1S/C17H17NO3S.C7H6O3/c1-10(17(19)20)11-4-7-15-14(8-11)18(2)13-6-5-12(21-3)9-16(13)22-15;8-6-4-2-1-3-5(6)7(9)10/h4-10H,1-3H3,(H,19,20);1-4,8H,(H,9,10). The molecule has 7 nitrogen and oxygen atoms in total. The van der Waals surface area contributed by atoms with Gasteiger partial charge in [0.15, 0.2) is 0 Å². The van der Waals surface area contributed by atoms with E-state index in [9.17, 15) is 14.7 Å². The smallest absolute Gasteiger partial charge is 0.339 e. The Bertz CT molecular complexity index is 1160. The molecule has 32 heavy (non-hydrogen) atoms. The van der Waals surface area contributed by atoms with Crippen molar-refractivity contribution in [2.24, 2.45) is 0 Å². The molecular weight excluding hydrogens is 430 g/mol. The zero-order valence-electron chi connectivity index (χ0n) is 17.8. The molecule has 0 saturated carbocycles. The number of carboxylic acid groups (broad SMARTS) is 2. The number of fused-ring (bicyclic) bond motifs is 2. The Balaban J connectivity index is 0.000000243. The van der Waals surface area contributed by atoms with E-state index in [-0.39, 0.29) is 11.3 Å². The van der Waals surface area contributed by atoms with Gasteiger partial charge in [-0.3, -0.25) is 4.79 Å². The van der Waals surface area contributed by atoms with E-state index in [0.29, 0.717) is 0 Å². The molecule has 1 heterocycles. The summed E-state index contributed by atoms with van der Waals surface area (Å²) < 4.78 is 5.28. The number of ether oxygens (including phenoxy) is 1. The lowest BCUT2D eigenvalue weighted by molar-refractivity contribution is -0.138. The summed E-state index contributed by atoms with van der Waals surface area (Å²) in [5.41, 5.74) is 2.88. The van der Waals surface area contributed by atoms with Gasteiger partial charge in [-0.25, -0.2) is 4.79 Å². The number of phenols is 1. The molecule has 1 aliphatic heterocycles. The Hall–Kier alpha value is -3.65. The van der Waals surface area contributed by atoms with Crippen molar-refractivity contribution < 1.29 is 29.6 Å². The van der Waals surface area contributed by atoms with Gasteiger partial charge in [0.2, 0.25) is 0 Å². The van der Waals surface area contributed by atoms with Crippen molar-refractivity contribution in [2.45, 2.75) is 22.6 Å². The van der Waals surface area contributed by atoms with Crippen LogP contribution in [0, 0.1) is 0 Å². The predicted octanol–water partition coefficient (Wildman–Crippen LogP) is 5.21. The maximum atomic E-state index is 11.2. The first-order chi connectivity index (χ1) is 15.2. The van der Waals surface area contributed by atoms with Crippen LogP contribution < -0.4 is 9.64 Å². The van der Waals surface area contributed by atoms with E-state index in [1.165, 1.54) is 12.1 Å². The highest BCUT2D eigenvalue weighted by Gasteiger charge is 2.23. The lowest BCUT2D eigenvalue weighted by Gasteiger charge is -2.30. The van der Waals surface area contributed by atoms with Crippen LogP contribution in [0.2, 0.25) is 0 Å². The van der Waals surface area contributed by atoms with Gasteiger partial charge in [0.25, 0.3) is 0 Å². The Morgan fingerprint density at radius 1 is 0.969 bits per heavy atom. The molecule has 8 heteroatoms. The van der Waals surface area contributed by atoms with E-state index in [1.54, 1.807) is 37.9 Å². The highest BCUT2D eigenvalue weighted by molar-refractivity contribution is 7.99. The second kappa shape index (κ2) is 9.65. The largest absolute Gasteiger partial charge is 0.507 e. The van der Waals surface area contributed by atoms with Crippen molar-refractivity contribution in [1.29, 1.82) is 0 Å². The van der Waals surface area contributed by atoms with Crippen molar-refractivity contribution in [3.63, 3.8) is 0 Å². The van der Waals surface area contributed by atoms with Crippen LogP contribution in [0.5, 0.6) is 11.5 Å². The van der Waals surface area contributed by atoms with Gasteiger partial charge in [-0.2, -0.15) is 0 Å². The van der Waals surface area contributed by atoms with E-state index in [4.69, 9.17) is 14.9 Å². The van der Waals surface area contributed by atoms with Crippen molar-refractivity contribution in [3.05, 3.63) is 71.8 Å². The van der Waals surface area contributed by atoms with Gasteiger partial charge in [-0.05, 0) is 55.0 Å². The first-order valence-corrected chi connectivity index (χ1v) is 10.5. The van der Waals surface area contributed by atoms with Crippen LogP contribution in [0.25, 0.3) is 0 Å². The Kier molecular flexibility index (Phi) is 6.95. The first kappa shape index (κ1) is 23.0. The molecule has 0 aromatic heterocycles. The number of aliphatic carboxylic acids is 1. The molecule has 0 saturated heterocycles. The molecular formula is C24H23NO6S. The molecule has 0 amide bonds. The SMILES string of the molecule is COc1ccc2c(c1)Sc1ccc(C(C)C(=O)O)cc1N2C.O=C(O)c1ccccc1O. The molecule has 3 aromatic carbocycles. The number of anilines is 2. The molecule has 0 spiro atoms. The highest BCUT2D eigenvalue weighted by Crippen LogP contribution is 2.49. The fourth-order valence-corrected chi connectivity index (χ4v) is 4.34. The Morgan fingerprint density at radius 3 is 2.28 bits per heavy atom. The third-order valence-corrected chi connectivity index (χ3v) is 6.21. The van der Waals surface area contributed by atoms with Gasteiger partial charge in [-0.1, -0.05) is 30.0 Å². The molecule has 166 valence electrons. The van der Waals surface area contributed by atoms with Crippen LogP contribution in [0.3, 0.4) is 0 Å². The second-order valence-electron chi connectivity index (χ2n) is 7.10. The van der Waals surface area contributed by atoms with Gasteiger partial charge in [-0.15, -0.1) is 0 Å². The molecule has 1 atom stereocenters. The van der Waals surface area contributed by atoms with E-state index in [1.807, 2.05) is 43.4 Å². The molecule has 3 N–H and O–H groups in total. The Labute approximate surface area is 189 Å². The van der Waals surface area contributed by atoms with Crippen LogP contribution >= 0.6 is 11.8 Å². The van der Waals surface area contributed by atoms with Crippen LogP contribution in [0.1, 0.15) is 28.8 Å². The van der Waals surface area contributed by atoms with Crippen molar-refractivity contribution >= 4 is 35.1 Å². The number of rotatable bonds is 4. The number of methoxy groups -OCH3 is 1. The van der Waals surface area contributed by atoms with Crippen molar-refractivity contribution in [2.75, 3.05) is 19.1 Å². The van der Waals surface area contributed by atoms with Gasteiger partial charge < -0.3 is 25.0 Å². The average Bonchev–Trinajstić information content (AvgIpc) is 2.78. The van der Waals surface area contributed by atoms with E-state index >= 15 is 0 Å². The first-order valence-electron chi connectivity index (χ1n) is 9.70. The molecule has 1 unspecified atom stereocenters. The number of benzene rings is 3. The number of hydrogen-bond donors (Lipinski definition) is 3. The molecule has 3 aromatic rings. The minimum absolute atomic E-state index is 0.0671.